The highest BCUT2D eigenvalue weighted by Crippen LogP contribution is 2.19. The van der Waals surface area contributed by atoms with E-state index in [9.17, 15) is 4.39 Å². The lowest BCUT2D eigenvalue weighted by atomic mass is 9.93. The lowest BCUT2D eigenvalue weighted by Crippen LogP contribution is -2.36. The first-order valence-corrected chi connectivity index (χ1v) is 6.63. The molecule has 0 aromatic heterocycles. The van der Waals surface area contributed by atoms with Crippen LogP contribution in [-0.2, 0) is 6.42 Å². The maximum atomic E-state index is 13.1. The van der Waals surface area contributed by atoms with Gasteiger partial charge in [-0.3, -0.25) is 0 Å². The highest BCUT2D eigenvalue weighted by atomic mass is 35.5. The van der Waals surface area contributed by atoms with Crippen LogP contribution in [0.2, 0.25) is 5.02 Å². The van der Waals surface area contributed by atoms with Crippen LogP contribution in [-0.4, -0.2) is 12.6 Å². The molecule has 0 saturated carbocycles. The maximum Gasteiger partial charge on any atom is 0.141 e. The molecule has 1 nitrogen and oxygen atoms in total. The zero-order valence-corrected chi connectivity index (χ0v) is 11.5. The Morgan fingerprint density at radius 2 is 2.06 bits per heavy atom. The van der Waals surface area contributed by atoms with E-state index < -0.39 is 0 Å². The van der Waals surface area contributed by atoms with E-state index >= 15 is 0 Å². The fourth-order valence-corrected chi connectivity index (χ4v) is 2.14. The van der Waals surface area contributed by atoms with E-state index in [1.807, 2.05) is 6.07 Å². The van der Waals surface area contributed by atoms with Gasteiger partial charge in [-0.05, 0) is 36.6 Å². The van der Waals surface area contributed by atoms with E-state index in [1.54, 1.807) is 6.07 Å². The van der Waals surface area contributed by atoms with Crippen molar-refractivity contribution in [1.82, 2.24) is 5.32 Å². The zero-order chi connectivity index (χ0) is 12.8. The van der Waals surface area contributed by atoms with Crippen molar-refractivity contribution in [2.45, 2.75) is 39.7 Å². The van der Waals surface area contributed by atoms with Crippen molar-refractivity contribution in [3.8, 4) is 0 Å². The Balaban J connectivity index is 2.74. The minimum Gasteiger partial charge on any atom is -0.314 e. The highest BCUT2D eigenvalue weighted by Gasteiger charge is 2.15. The van der Waals surface area contributed by atoms with Crippen LogP contribution in [0.1, 0.15) is 32.8 Å². The normalized spacial score (nSPS) is 14.6. The van der Waals surface area contributed by atoms with Gasteiger partial charge in [-0.2, -0.15) is 0 Å². The van der Waals surface area contributed by atoms with Crippen LogP contribution in [0.15, 0.2) is 18.2 Å². The molecule has 17 heavy (non-hydrogen) atoms. The molecule has 0 heterocycles. The van der Waals surface area contributed by atoms with Crippen molar-refractivity contribution in [3.63, 3.8) is 0 Å². The number of rotatable bonds is 6. The van der Waals surface area contributed by atoms with Gasteiger partial charge in [0.05, 0.1) is 5.02 Å². The third kappa shape index (κ3) is 4.29. The van der Waals surface area contributed by atoms with Crippen LogP contribution in [0.4, 0.5) is 4.39 Å². The third-order valence-electron chi connectivity index (χ3n) is 3.24. The number of hydrogen-bond acceptors (Lipinski definition) is 1. The molecule has 0 aliphatic carbocycles. The molecular formula is C14H21ClFN. The van der Waals surface area contributed by atoms with Crippen molar-refractivity contribution in [1.29, 1.82) is 0 Å². The number of hydrogen-bond donors (Lipinski definition) is 1. The summed E-state index contributed by atoms with van der Waals surface area (Å²) in [6.07, 6.45) is 2.02. The van der Waals surface area contributed by atoms with Crippen LogP contribution >= 0.6 is 11.6 Å². The summed E-state index contributed by atoms with van der Waals surface area (Å²) < 4.78 is 13.1. The first-order chi connectivity index (χ1) is 8.08. The van der Waals surface area contributed by atoms with Crippen molar-refractivity contribution in [2.24, 2.45) is 5.92 Å². The molecule has 0 spiro atoms. The van der Waals surface area contributed by atoms with Gasteiger partial charge < -0.3 is 5.32 Å². The first kappa shape index (κ1) is 14.5. The van der Waals surface area contributed by atoms with E-state index in [2.05, 4.69) is 26.1 Å². The lowest BCUT2D eigenvalue weighted by Gasteiger charge is -2.24. The third-order valence-corrected chi connectivity index (χ3v) is 3.53. The summed E-state index contributed by atoms with van der Waals surface area (Å²) in [6, 6.07) is 5.40. The molecule has 96 valence electrons. The standard InChI is InChI=1S/C14H21ClFN/c1-4-10(3)14(17-5-2)9-11-6-7-13(16)12(15)8-11/h6-8,10,14,17H,4-5,9H2,1-3H3. The summed E-state index contributed by atoms with van der Waals surface area (Å²) in [5, 5.41) is 3.69. The number of nitrogens with one attached hydrogen (secondary N) is 1. The Morgan fingerprint density at radius 1 is 1.35 bits per heavy atom. The van der Waals surface area contributed by atoms with Crippen LogP contribution in [0.3, 0.4) is 0 Å². The van der Waals surface area contributed by atoms with Gasteiger partial charge >= 0.3 is 0 Å². The van der Waals surface area contributed by atoms with Gasteiger partial charge in [0.25, 0.3) is 0 Å². The molecule has 1 aromatic carbocycles. The Hall–Kier alpha value is -0.600. The second kappa shape index (κ2) is 6.97. The molecule has 0 fully saturated rings. The Morgan fingerprint density at radius 3 is 2.59 bits per heavy atom. The van der Waals surface area contributed by atoms with Gasteiger partial charge in [0.15, 0.2) is 0 Å². The van der Waals surface area contributed by atoms with Crippen molar-refractivity contribution < 1.29 is 4.39 Å². The van der Waals surface area contributed by atoms with Crippen molar-refractivity contribution in [2.75, 3.05) is 6.54 Å². The van der Waals surface area contributed by atoms with Crippen LogP contribution in [0, 0.1) is 11.7 Å². The molecule has 0 amide bonds. The average Bonchev–Trinajstić information content (AvgIpc) is 2.32. The van der Waals surface area contributed by atoms with E-state index in [4.69, 9.17) is 11.6 Å². The topological polar surface area (TPSA) is 12.0 Å². The number of benzene rings is 1. The molecule has 0 saturated heterocycles. The molecule has 2 atom stereocenters. The summed E-state index contributed by atoms with van der Waals surface area (Å²) in [4.78, 5) is 0. The smallest absolute Gasteiger partial charge is 0.141 e. The second-order valence-electron chi connectivity index (χ2n) is 4.50. The molecular weight excluding hydrogens is 237 g/mol. The van der Waals surface area contributed by atoms with Crippen LogP contribution in [0.5, 0.6) is 0 Å². The maximum absolute atomic E-state index is 13.1. The molecule has 1 aromatic rings. The Labute approximate surface area is 108 Å². The molecule has 0 aliphatic heterocycles. The minimum atomic E-state index is -0.348. The van der Waals surface area contributed by atoms with Crippen molar-refractivity contribution >= 4 is 11.6 Å². The molecule has 0 bridgehead atoms. The largest absolute Gasteiger partial charge is 0.314 e. The Bertz CT molecular complexity index is 354. The summed E-state index contributed by atoms with van der Waals surface area (Å²) in [7, 11) is 0. The van der Waals surface area contributed by atoms with E-state index in [-0.39, 0.29) is 10.8 Å². The molecule has 2 unspecified atom stereocenters. The van der Waals surface area contributed by atoms with Crippen LogP contribution < -0.4 is 5.32 Å². The predicted octanol–water partition coefficient (Wildman–Crippen LogP) is 4.05. The monoisotopic (exact) mass is 257 g/mol. The Kier molecular flexibility index (Phi) is 5.93. The van der Waals surface area contributed by atoms with E-state index in [1.165, 1.54) is 6.07 Å². The molecule has 1 rings (SSSR count). The van der Waals surface area contributed by atoms with E-state index in [0.29, 0.717) is 12.0 Å². The quantitative estimate of drug-likeness (QED) is 0.811. The summed E-state index contributed by atoms with van der Waals surface area (Å²) in [5.74, 6) is 0.248. The average molecular weight is 258 g/mol. The van der Waals surface area contributed by atoms with Crippen molar-refractivity contribution in [3.05, 3.63) is 34.6 Å². The zero-order valence-electron chi connectivity index (χ0n) is 10.8. The first-order valence-electron chi connectivity index (χ1n) is 6.25. The number of likely N-dealkylation sites (N-methyl/N-ethyl adjacent to an activating group) is 1. The molecule has 0 radical (unpaired) electrons. The molecule has 0 aliphatic rings. The van der Waals surface area contributed by atoms with Gasteiger partial charge in [0.1, 0.15) is 5.82 Å². The highest BCUT2D eigenvalue weighted by molar-refractivity contribution is 6.30. The van der Waals surface area contributed by atoms with Gasteiger partial charge in [0, 0.05) is 6.04 Å². The minimum absolute atomic E-state index is 0.210. The van der Waals surface area contributed by atoms with Gasteiger partial charge in [-0.25, -0.2) is 4.39 Å². The lowest BCUT2D eigenvalue weighted by molar-refractivity contribution is 0.371. The SMILES string of the molecule is CCNC(Cc1ccc(F)c(Cl)c1)C(C)CC. The van der Waals surface area contributed by atoms with E-state index in [0.717, 1.165) is 24.9 Å². The van der Waals surface area contributed by atoms with Gasteiger partial charge in [-0.15, -0.1) is 0 Å². The second-order valence-corrected chi connectivity index (χ2v) is 4.91. The summed E-state index contributed by atoms with van der Waals surface area (Å²) in [6.45, 7) is 7.47. The van der Waals surface area contributed by atoms with Crippen LogP contribution in [0.25, 0.3) is 0 Å². The predicted molar refractivity (Wildman–Crippen MR) is 72.0 cm³/mol. The molecule has 3 heteroatoms. The molecule has 1 N–H and O–H groups in total. The van der Waals surface area contributed by atoms with Gasteiger partial charge in [0.2, 0.25) is 0 Å². The fraction of sp³-hybridized carbons (Fsp3) is 0.571. The summed E-state index contributed by atoms with van der Waals surface area (Å²) in [5.41, 5.74) is 1.09. The number of halogens is 2. The fourth-order valence-electron chi connectivity index (χ4n) is 1.94. The summed E-state index contributed by atoms with van der Waals surface area (Å²) >= 11 is 5.79. The van der Waals surface area contributed by atoms with Gasteiger partial charge in [-0.1, -0.05) is 44.9 Å².